The summed E-state index contributed by atoms with van der Waals surface area (Å²) < 4.78 is 0. The Bertz CT molecular complexity index is 1060. The van der Waals surface area contributed by atoms with E-state index in [4.69, 9.17) is 33.2 Å². The summed E-state index contributed by atoms with van der Waals surface area (Å²) in [4.78, 5) is 9.83. The van der Waals surface area contributed by atoms with E-state index in [-0.39, 0.29) is 0 Å². The number of hydrogen-bond acceptors (Lipinski definition) is 2. The summed E-state index contributed by atoms with van der Waals surface area (Å²) in [6.45, 7) is 2.05. The maximum Gasteiger partial charge on any atom is 0.0973 e. The molecule has 0 saturated carbocycles. The van der Waals surface area contributed by atoms with Gasteiger partial charge < -0.3 is 0 Å². The maximum absolute atomic E-state index is 6.04. The molecule has 4 aromatic rings. The van der Waals surface area contributed by atoms with Crippen LogP contribution < -0.4 is 0 Å². The molecular weight excluding hydrogens is 351 g/mol. The van der Waals surface area contributed by atoms with E-state index in [0.717, 1.165) is 39.1 Å². The lowest BCUT2D eigenvalue weighted by atomic mass is 10.0. The molecule has 4 rings (SSSR count). The molecule has 0 bridgehead atoms. The standard InChI is InChI=1S/C21H14Cl2N2/c1-13-3-2-4-18-19(13)25-21(15-7-11-17(23)12-8-15)20(24-18)14-5-9-16(22)10-6-14/h2-12H,1H3. The van der Waals surface area contributed by atoms with E-state index >= 15 is 0 Å². The minimum atomic E-state index is 0.696. The maximum atomic E-state index is 6.04. The second-order valence-corrected chi connectivity index (χ2v) is 6.75. The third-order valence-corrected chi connectivity index (χ3v) is 4.64. The third-order valence-electron chi connectivity index (χ3n) is 4.13. The van der Waals surface area contributed by atoms with Crippen molar-refractivity contribution >= 4 is 34.2 Å². The van der Waals surface area contributed by atoms with Crippen LogP contribution in [0.3, 0.4) is 0 Å². The van der Waals surface area contributed by atoms with Crippen molar-refractivity contribution in [2.45, 2.75) is 6.92 Å². The Balaban J connectivity index is 2.03. The minimum Gasteiger partial charge on any atom is -0.244 e. The highest BCUT2D eigenvalue weighted by atomic mass is 35.5. The molecule has 0 unspecified atom stereocenters. The first kappa shape index (κ1) is 16.1. The van der Waals surface area contributed by atoms with Gasteiger partial charge in [-0.05, 0) is 42.8 Å². The fourth-order valence-electron chi connectivity index (χ4n) is 2.84. The summed E-state index contributed by atoms with van der Waals surface area (Å²) in [5, 5.41) is 1.39. The summed E-state index contributed by atoms with van der Waals surface area (Å²) in [5.41, 5.74) is 6.51. The lowest BCUT2D eigenvalue weighted by Crippen LogP contribution is -1.96. The quantitative estimate of drug-likeness (QED) is 0.401. The molecule has 122 valence electrons. The lowest BCUT2D eigenvalue weighted by molar-refractivity contribution is 1.27. The molecule has 0 N–H and O–H groups in total. The Morgan fingerprint density at radius 2 is 1.16 bits per heavy atom. The number of hydrogen-bond donors (Lipinski definition) is 0. The predicted molar refractivity (Wildman–Crippen MR) is 105 cm³/mol. The van der Waals surface area contributed by atoms with Crippen molar-refractivity contribution in [3.63, 3.8) is 0 Å². The Morgan fingerprint density at radius 1 is 0.640 bits per heavy atom. The van der Waals surface area contributed by atoms with Gasteiger partial charge in [-0.1, -0.05) is 59.6 Å². The summed E-state index contributed by atoms with van der Waals surface area (Å²) in [6.07, 6.45) is 0. The lowest BCUT2D eigenvalue weighted by Gasteiger charge is -2.12. The number of fused-ring (bicyclic) bond motifs is 1. The van der Waals surface area contributed by atoms with Gasteiger partial charge in [0.05, 0.1) is 22.4 Å². The smallest absolute Gasteiger partial charge is 0.0973 e. The van der Waals surface area contributed by atoms with Crippen LogP contribution in [0.5, 0.6) is 0 Å². The predicted octanol–water partition coefficient (Wildman–Crippen LogP) is 6.58. The number of aromatic nitrogens is 2. The summed E-state index contributed by atoms with van der Waals surface area (Å²) in [6, 6.07) is 21.4. The number of benzene rings is 3. The molecule has 3 aromatic carbocycles. The monoisotopic (exact) mass is 364 g/mol. The highest BCUT2D eigenvalue weighted by Crippen LogP contribution is 2.32. The fraction of sp³-hybridized carbons (Fsp3) is 0.0476. The van der Waals surface area contributed by atoms with E-state index < -0.39 is 0 Å². The molecule has 0 fully saturated rings. The molecule has 0 amide bonds. The van der Waals surface area contributed by atoms with Gasteiger partial charge in [-0.2, -0.15) is 0 Å². The van der Waals surface area contributed by atoms with E-state index in [1.165, 1.54) is 0 Å². The van der Waals surface area contributed by atoms with Crippen molar-refractivity contribution in [3.05, 3.63) is 82.3 Å². The van der Waals surface area contributed by atoms with E-state index in [1.807, 2.05) is 73.7 Å². The average Bonchev–Trinajstić information content (AvgIpc) is 2.63. The van der Waals surface area contributed by atoms with Gasteiger partial charge in [-0.15, -0.1) is 0 Å². The molecule has 0 spiro atoms. The Kier molecular flexibility index (Phi) is 4.16. The number of para-hydroxylation sites is 1. The number of aryl methyl sites for hydroxylation is 1. The van der Waals surface area contributed by atoms with Crippen LogP contribution in [0.1, 0.15) is 5.56 Å². The molecular formula is C21H14Cl2N2. The van der Waals surface area contributed by atoms with E-state index in [0.29, 0.717) is 10.0 Å². The van der Waals surface area contributed by atoms with Gasteiger partial charge in [0.2, 0.25) is 0 Å². The van der Waals surface area contributed by atoms with Gasteiger partial charge in [0, 0.05) is 21.2 Å². The van der Waals surface area contributed by atoms with Gasteiger partial charge in [0.15, 0.2) is 0 Å². The van der Waals surface area contributed by atoms with Crippen LogP contribution in [0, 0.1) is 6.92 Å². The molecule has 1 heterocycles. The van der Waals surface area contributed by atoms with E-state index in [2.05, 4.69) is 0 Å². The van der Waals surface area contributed by atoms with E-state index in [9.17, 15) is 0 Å². The molecule has 0 radical (unpaired) electrons. The minimum absolute atomic E-state index is 0.696. The molecule has 1 aromatic heterocycles. The van der Waals surface area contributed by atoms with Crippen molar-refractivity contribution in [2.24, 2.45) is 0 Å². The molecule has 0 saturated heterocycles. The zero-order valence-electron chi connectivity index (χ0n) is 13.5. The Hall–Kier alpha value is -2.42. The first-order chi connectivity index (χ1) is 12.1. The van der Waals surface area contributed by atoms with Gasteiger partial charge in [0.1, 0.15) is 0 Å². The van der Waals surface area contributed by atoms with Gasteiger partial charge in [0.25, 0.3) is 0 Å². The molecule has 25 heavy (non-hydrogen) atoms. The van der Waals surface area contributed by atoms with Gasteiger partial charge in [-0.3, -0.25) is 0 Å². The second-order valence-electron chi connectivity index (χ2n) is 5.88. The Labute approximate surface area is 156 Å². The van der Waals surface area contributed by atoms with Crippen molar-refractivity contribution < 1.29 is 0 Å². The molecule has 2 nitrogen and oxygen atoms in total. The zero-order chi connectivity index (χ0) is 17.4. The van der Waals surface area contributed by atoms with Crippen LogP contribution in [0.4, 0.5) is 0 Å². The highest BCUT2D eigenvalue weighted by Gasteiger charge is 2.14. The second kappa shape index (κ2) is 6.47. The summed E-state index contributed by atoms with van der Waals surface area (Å²) in [7, 11) is 0. The fourth-order valence-corrected chi connectivity index (χ4v) is 3.09. The van der Waals surface area contributed by atoms with E-state index in [1.54, 1.807) is 0 Å². The summed E-state index contributed by atoms with van der Waals surface area (Å²) >= 11 is 12.1. The highest BCUT2D eigenvalue weighted by molar-refractivity contribution is 6.31. The number of rotatable bonds is 2. The Morgan fingerprint density at radius 3 is 1.72 bits per heavy atom. The topological polar surface area (TPSA) is 25.8 Å². The van der Waals surface area contributed by atoms with Crippen LogP contribution in [-0.4, -0.2) is 9.97 Å². The average molecular weight is 365 g/mol. The first-order valence-corrected chi connectivity index (χ1v) is 8.67. The van der Waals surface area contributed by atoms with Crippen LogP contribution in [0.25, 0.3) is 33.5 Å². The molecule has 0 aliphatic rings. The zero-order valence-corrected chi connectivity index (χ0v) is 15.0. The van der Waals surface area contributed by atoms with Crippen LogP contribution >= 0.6 is 23.2 Å². The largest absolute Gasteiger partial charge is 0.244 e. The van der Waals surface area contributed by atoms with Crippen molar-refractivity contribution in [1.82, 2.24) is 9.97 Å². The van der Waals surface area contributed by atoms with Crippen molar-refractivity contribution in [3.8, 4) is 22.5 Å². The normalized spacial score (nSPS) is 11.0. The van der Waals surface area contributed by atoms with Crippen LogP contribution in [0.15, 0.2) is 66.7 Å². The molecule has 0 aliphatic heterocycles. The van der Waals surface area contributed by atoms with Crippen LogP contribution in [-0.2, 0) is 0 Å². The van der Waals surface area contributed by atoms with Crippen LogP contribution in [0.2, 0.25) is 10.0 Å². The van der Waals surface area contributed by atoms with Crippen molar-refractivity contribution in [2.75, 3.05) is 0 Å². The van der Waals surface area contributed by atoms with Gasteiger partial charge >= 0.3 is 0 Å². The SMILES string of the molecule is Cc1cccc2nc(-c3ccc(Cl)cc3)c(-c3ccc(Cl)cc3)nc12. The molecule has 0 aliphatic carbocycles. The number of nitrogens with zero attached hydrogens (tertiary/aromatic N) is 2. The first-order valence-electron chi connectivity index (χ1n) is 7.91. The molecule has 4 heteroatoms. The van der Waals surface area contributed by atoms with Crippen molar-refractivity contribution in [1.29, 1.82) is 0 Å². The number of halogens is 2. The molecule has 0 atom stereocenters. The van der Waals surface area contributed by atoms with Gasteiger partial charge in [-0.25, -0.2) is 9.97 Å². The summed E-state index contributed by atoms with van der Waals surface area (Å²) in [5.74, 6) is 0. The third kappa shape index (κ3) is 3.11.